The molecule has 3 aromatic rings. The molecule has 1 fully saturated rings. The van der Waals surface area contributed by atoms with E-state index in [2.05, 4.69) is 14.6 Å². The van der Waals surface area contributed by atoms with E-state index in [0.29, 0.717) is 40.9 Å². The molecule has 0 bridgehead atoms. The standard InChI is InChI=1S/C25H30FN5O4S/c1-34-22-15-19-21(16-23(22)35-2)29-24(8-7-18-5-3-4-6-20(18)26)30-25(19)31-13-10-17(11-14-31)9-12-28-36(27,32)33/h3-8,15-17,28H,9-14H2,1-2H3,(H2,27,32,33)/b8-7+. The second-order valence-electron chi connectivity index (χ2n) is 8.64. The molecule has 1 saturated heterocycles. The van der Waals surface area contributed by atoms with E-state index in [-0.39, 0.29) is 5.82 Å². The van der Waals surface area contributed by atoms with Gasteiger partial charge < -0.3 is 14.4 Å². The molecule has 0 spiro atoms. The lowest BCUT2D eigenvalue weighted by Crippen LogP contribution is -2.37. The number of hydrogen-bond donors (Lipinski definition) is 2. The molecule has 1 aliphatic rings. The van der Waals surface area contributed by atoms with Gasteiger partial charge in [0.1, 0.15) is 11.6 Å². The van der Waals surface area contributed by atoms with Crippen molar-refractivity contribution in [2.24, 2.45) is 11.1 Å². The second kappa shape index (κ2) is 11.2. The van der Waals surface area contributed by atoms with Gasteiger partial charge in [-0.1, -0.05) is 18.2 Å². The molecule has 1 aromatic heterocycles. The van der Waals surface area contributed by atoms with Gasteiger partial charge in [0.2, 0.25) is 0 Å². The number of nitrogens with one attached hydrogen (secondary N) is 1. The zero-order valence-electron chi connectivity index (χ0n) is 20.3. The first-order valence-electron chi connectivity index (χ1n) is 11.7. The van der Waals surface area contributed by atoms with E-state index in [1.54, 1.807) is 44.6 Å². The average Bonchev–Trinajstić information content (AvgIpc) is 2.86. The maximum atomic E-state index is 14.1. The third kappa shape index (κ3) is 6.28. The predicted molar refractivity (Wildman–Crippen MR) is 139 cm³/mol. The van der Waals surface area contributed by atoms with Crippen LogP contribution in [0.1, 0.15) is 30.7 Å². The van der Waals surface area contributed by atoms with Crippen molar-refractivity contribution in [2.75, 3.05) is 38.8 Å². The summed E-state index contributed by atoms with van der Waals surface area (Å²) in [4.78, 5) is 11.7. The number of anilines is 1. The van der Waals surface area contributed by atoms with Crippen LogP contribution in [0.15, 0.2) is 36.4 Å². The molecule has 0 amide bonds. The Kier molecular flexibility index (Phi) is 8.02. The molecule has 0 radical (unpaired) electrons. The van der Waals surface area contributed by atoms with Crippen LogP contribution in [0.3, 0.4) is 0 Å². The lowest BCUT2D eigenvalue weighted by Gasteiger charge is -2.33. The number of benzene rings is 2. The molecular formula is C25H30FN5O4S. The smallest absolute Gasteiger partial charge is 0.274 e. The van der Waals surface area contributed by atoms with Crippen LogP contribution >= 0.6 is 0 Å². The van der Waals surface area contributed by atoms with Crippen LogP contribution in [0, 0.1) is 11.7 Å². The number of fused-ring (bicyclic) bond motifs is 1. The Hall–Kier alpha value is -3.28. The summed E-state index contributed by atoms with van der Waals surface area (Å²) in [6, 6.07) is 10.2. The van der Waals surface area contributed by atoms with Crippen molar-refractivity contribution >= 4 is 39.1 Å². The van der Waals surface area contributed by atoms with Crippen molar-refractivity contribution in [3.8, 4) is 11.5 Å². The van der Waals surface area contributed by atoms with Crippen molar-refractivity contribution < 1.29 is 22.3 Å². The summed E-state index contributed by atoms with van der Waals surface area (Å²) >= 11 is 0. The number of ether oxygens (including phenoxy) is 2. The number of aromatic nitrogens is 2. The first kappa shape index (κ1) is 25.8. The van der Waals surface area contributed by atoms with Crippen molar-refractivity contribution in [3.05, 3.63) is 53.6 Å². The molecule has 1 aliphatic heterocycles. The van der Waals surface area contributed by atoms with E-state index < -0.39 is 10.2 Å². The van der Waals surface area contributed by atoms with Crippen molar-refractivity contribution in [1.82, 2.24) is 14.7 Å². The monoisotopic (exact) mass is 515 g/mol. The molecule has 0 atom stereocenters. The summed E-state index contributed by atoms with van der Waals surface area (Å²) in [5.41, 5.74) is 1.13. The summed E-state index contributed by atoms with van der Waals surface area (Å²) in [6.07, 6.45) is 5.84. The Balaban J connectivity index is 1.63. The first-order chi connectivity index (χ1) is 17.3. The van der Waals surface area contributed by atoms with E-state index >= 15 is 0 Å². The molecule has 0 unspecified atom stereocenters. The minimum atomic E-state index is -3.68. The summed E-state index contributed by atoms with van der Waals surface area (Å²) in [7, 11) is -0.528. The molecular weight excluding hydrogens is 485 g/mol. The molecule has 2 aromatic carbocycles. The van der Waals surface area contributed by atoms with Crippen LogP contribution in [-0.2, 0) is 10.2 Å². The van der Waals surface area contributed by atoms with Gasteiger partial charge in [0.25, 0.3) is 10.2 Å². The Labute approximate surface area is 210 Å². The first-order valence-corrected chi connectivity index (χ1v) is 13.2. The summed E-state index contributed by atoms with van der Waals surface area (Å²) < 4.78 is 49.7. The summed E-state index contributed by atoms with van der Waals surface area (Å²) in [5, 5.41) is 5.85. The van der Waals surface area contributed by atoms with E-state index in [1.165, 1.54) is 6.07 Å². The van der Waals surface area contributed by atoms with Crippen molar-refractivity contribution in [3.63, 3.8) is 0 Å². The molecule has 4 rings (SSSR count). The van der Waals surface area contributed by atoms with E-state index in [0.717, 1.165) is 43.6 Å². The van der Waals surface area contributed by atoms with Gasteiger partial charge in [0.15, 0.2) is 17.3 Å². The Morgan fingerprint density at radius 3 is 2.47 bits per heavy atom. The molecule has 0 aliphatic carbocycles. The van der Waals surface area contributed by atoms with Gasteiger partial charge in [-0.2, -0.15) is 8.42 Å². The molecule has 3 N–H and O–H groups in total. The van der Waals surface area contributed by atoms with Gasteiger partial charge in [-0.25, -0.2) is 24.2 Å². The fraction of sp³-hybridized carbons (Fsp3) is 0.360. The van der Waals surface area contributed by atoms with Gasteiger partial charge in [0, 0.05) is 36.7 Å². The van der Waals surface area contributed by atoms with Gasteiger partial charge >= 0.3 is 0 Å². The quantitative estimate of drug-likeness (QED) is 0.448. The average molecular weight is 516 g/mol. The van der Waals surface area contributed by atoms with Crippen LogP contribution in [0.4, 0.5) is 10.2 Å². The topological polar surface area (TPSA) is 120 Å². The highest BCUT2D eigenvalue weighted by atomic mass is 32.2. The van der Waals surface area contributed by atoms with Crippen LogP contribution in [-0.4, -0.2) is 52.2 Å². The minimum absolute atomic E-state index is 0.319. The van der Waals surface area contributed by atoms with Crippen molar-refractivity contribution in [1.29, 1.82) is 0 Å². The number of nitrogens with two attached hydrogens (primary N) is 1. The summed E-state index contributed by atoms with van der Waals surface area (Å²) in [5.74, 6) is 2.40. The zero-order valence-corrected chi connectivity index (χ0v) is 21.1. The van der Waals surface area contributed by atoms with Gasteiger partial charge in [-0.05, 0) is 49.5 Å². The number of halogens is 1. The molecule has 11 heteroatoms. The number of piperidine rings is 1. The van der Waals surface area contributed by atoms with Crippen LogP contribution in [0.2, 0.25) is 0 Å². The van der Waals surface area contributed by atoms with Crippen molar-refractivity contribution in [2.45, 2.75) is 19.3 Å². The predicted octanol–water partition coefficient (Wildman–Crippen LogP) is 3.36. The molecule has 9 nitrogen and oxygen atoms in total. The zero-order chi connectivity index (χ0) is 25.7. The highest BCUT2D eigenvalue weighted by Gasteiger charge is 2.23. The number of hydrogen-bond acceptors (Lipinski definition) is 7. The molecule has 36 heavy (non-hydrogen) atoms. The fourth-order valence-corrected chi connectivity index (χ4v) is 4.79. The minimum Gasteiger partial charge on any atom is -0.493 e. The Bertz CT molecular complexity index is 1360. The summed E-state index contributed by atoms with van der Waals surface area (Å²) in [6.45, 7) is 1.82. The number of rotatable bonds is 9. The van der Waals surface area contributed by atoms with E-state index in [1.807, 2.05) is 12.1 Å². The van der Waals surface area contributed by atoms with E-state index in [4.69, 9.17) is 19.6 Å². The number of nitrogens with zero attached hydrogens (tertiary/aromatic N) is 3. The highest BCUT2D eigenvalue weighted by molar-refractivity contribution is 7.87. The SMILES string of the molecule is COc1cc2nc(/C=C/c3ccccc3F)nc(N3CCC(CCNS(N)(=O)=O)CC3)c2cc1OC. The van der Waals surface area contributed by atoms with Gasteiger partial charge in [-0.15, -0.1) is 0 Å². The third-order valence-electron chi connectivity index (χ3n) is 6.29. The van der Waals surface area contributed by atoms with E-state index in [9.17, 15) is 12.8 Å². The molecule has 0 saturated carbocycles. The van der Waals surface area contributed by atoms with Crippen LogP contribution in [0.5, 0.6) is 11.5 Å². The highest BCUT2D eigenvalue weighted by Crippen LogP contribution is 2.36. The maximum absolute atomic E-state index is 14.1. The Morgan fingerprint density at radius 1 is 1.11 bits per heavy atom. The second-order valence-corrected chi connectivity index (χ2v) is 10.0. The fourth-order valence-electron chi connectivity index (χ4n) is 4.39. The lowest BCUT2D eigenvalue weighted by molar-refractivity contribution is 0.355. The Morgan fingerprint density at radius 2 is 1.81 bits per heavy atom. The molecule has 192 valence electrons. The molecule has 2 heterocycles. The van der Waals surface area contributed by atoms with Gasteiger partial charge in [0.05, 0.1) is 19.7 Å². The van der Waals surface area contributed by atoms with Gasteiger partial charge in [-0.3, -0.25) is 0 Å². The van der Waals surface area contributed by atoms with Crippen LogP contribution < -0.4 is 24.2 Å². The largest absolute Gasteiger partial charge is 0.493 e. The van der Waals surface area contributed by atoms with Crippen LogP contribution in [0.25, 0.3) is 23.1 Å². The normalized spacial score (nSPS) is 15.1. The third-order valence-corrected chi connectivity index (χ3v) is 6.89. The lowest BCUT2D eigenvalue weighted by atomic mass is 9.93. The number of methoxy groups -OCH3 is 2. The maximum Gasteiger partial charge on any atom is 0.274 e.